The number of fused-ring (bicyclic) bond motifs is 1. The van der Waals surface area contributed by atoms with Crippen LogP contribution in [0.25, 0.3) is 10.9 Å². The van der Waals surface area contributed by atoms with Gasteiger partial charge < -0.3 is 0 Å². The Balaban J connectivity index is 2.25. The Kier molecular flexibility index (Phi) is 4.43. The van der Waals surface area contributed by atoms with E-state index < -0.39 is 15.3 Å². The smallest absolute Gasteiger partial charge is 0.250 e. The molecule has 6 heteroatoms. The van der Waals surface area contributed by atoms with Gasteiger partial charge in [-0.05, 0) is 29.8 Å². The number of halogens is 1. The van der Waals surface area contributed by atoms with Gasteiger partial charge >= 0.3 is 0 Å². The Morgan fingerprint density at radius 1 is 1.08 bits per heavy atom. The van der Waals surface area contributed by atoms with Crippen LogP contribution in [0, 0.1) is 0 Å². The highest BCUT2D eigenvalue weighted by atomic mass is 79.9. The topological polar surface area (TPSA) is 56.1 Å². The third-order valence-electron chi connectivity index (χ3n) is 3.80. The average molecular weight is 404 g/mol. The molecule has 0 radical (unpaired) electrons. The highest BCUT2D eigenvalue weighted by molar-refractivity contribution is 9.10. The lowest BCUT2D eigenvalue weighted by Gasteiger charge is -2.17. The van der Waals surface area contributed by atoms with Gasteiger partial charge in [-0.15, -0.1) is 6.58 Å². The monoisotopic (exact) mass is 403 g/mol. The Morgan fingerprint density at radius 2 is 1.75 bits per heavy atom. The van der Waals surface area contributed by atoms with E-state index in [-0.39, 0.29) is 5.69 Å². The maximum atomic E-state index is 13.2. The van der Waals surface area contributed by atoms with Crippen molar-refractivity contribution in [3.63, 3.8) is 0 Å². The van der Waals surface area contributed by atoms with Gasteiger partial charge in [0.1, 0.15) is 5.25 Å². The fourth-order valence-electron chi connectivity index (χ4n) is 2.71. The molecule has 3 aromatic rings. The quantitative estimate of drug-likeness (QED) is 0.470. The van der Waals surface area contributed by atoms with Crippen LogP contribution in [0.5, 0.6) is 0 Å². The molecule has 1 unspecified atom stereocenters. The number of carbonyl (C=O) groups is 1. The fraction of sp³-hybridized carbons (Fsp3) is 0.0556. The molecular formula is C18H14BrNO3S. The van der Waals surface area contributed by atoms with Gasteiger partial charge in [0.15, 0.2) is 6.29 Å². The fourth-order valence-corrected chi connectivity index (χ4v) is 4.78. The summed E-state index contributed by atoms with van der Waals surface area (Å²) in [5.41, 5.74) is 1.16. The van der Waals surface area contributed by atoms with E-state index in [0.717, 1.165) is 8.45 Å². The van der Waals surface area contributed by atoms with Gasteiger partial charge in [-0.25, -0.2) is 12.4 Å². The summed E-state index contributed by atoms with van der Waals surface area (Å²) >= 11 is 3.33. The van der Waals surface area contributed by atoms with E-state index in [1.165, 1.54) is 6.08 Å². The number of rotatable bonds is 5. The first-order valence-corrected chi connectivity index (χ1v) is 9.46. The van der Waals surface area contributed by atoms with Gasteiger partial charge in [-0.2, -0.15) is 0 Å². The van der Waals surface area contributed by atoms with Crippen LogP contribution in [-0.4, -0.2) is 18.7 Å². The number of hydrogen-bond acceptors (Lipinski definition) is 3. The predicted octanol–water partition coefficient (Wildman–Crippen LogP) is 4.32. The predicted molar refractivity (Wildman–Crippen MR) is 98.7 cm³/mol. The number of hydrogen-bond donors (Lipinski definition) is 0. The summed E-state index contributed by atoms with van der Waals surface area (Å²) in [6.07, 6.45) is 1.93. The van der Waals surface area contributed by atoms with Crippen molar-refractivity contribution in [2.24, 2.45) is 0 Å². The van der Waals surface area contributed by atoms with Gasteiger partial charge in [0.25, 0.3) is 0 Å². The van der Waals surface area contributed by atoms with E-state index >= 15 is 0 Å². The third kappa shape index (κ3) is 2.72. The number of aldehydes is 1. The van der Waals surface area contributed by atoms with Gasteiger partial charge in [-0.3, -0.25) is 4.79 Å². The Morgan fingerprint density at radius 3 is 2.38 bits per heavy atom. The lowest BCUT2D eigenvalue weighted by molar-refractivity contribution is 0.111. The second-order valence-electron chi connectivity index (χ2n) is 5.26. The molecule has 4 nitrogen and oxygen atoms in total. The lowest BCUT2D eigenvalue weighted by Crippen LogP contribution is -2.21. The van der Waals surface area contributed by atoms with Crippen molar-refractivity contribution in [3.8, 4) is 0 Å². The van der Waals surface area contributed by atoms with Crippen LogP contribution >= 0.6 is 15.9 Å². The highest BCUT2D eigenvalue weighted by Crippen LogP contribution is 2.31. The van der Waals surface area contributed by atoms with Crippen LogP contribution in [0.15, 0.2) is 71.7 Å². The summed E-state index contributed by atoms with van der Waals surface area (Å²) in [4.78, 5) is 11.4. The standard InChI is InChI=1S/C18H14BrNO3S/c1-2-18(13-7-9-15(19)10-8-13)24(22,23)20-16(12-21)11-14-5-3-4-6-17(14)20/h2-12,18H,1H2. The number of para-hydroxylation sites is 1. The van der Waals surface area contributed by atoms with E-state index in [1.807, 2.05) is 0 Å². The molecule has 24 heavy (non-hydrogen) atoms. The molecule has 0 saturated heterocycles. The van der Waals surface area contributed by atoms with Gasteiger partial charge in [0.2, 0.25) is 10.0 Å². The van der Waals surface area contributed by atoms with E-state index in [0.29, 0.717) is 22.8 Å². The molecule has 1 aromatic heterocycles. The zero-order valence-corrected chi connectivity index (χ0v) is 15.0. The third-order valence-corrected chi connectivity index (χ3v) is 6.35. The maximum Gasteiger partial charge on any atom is 0.250 e. The zero-order valence-electron chi connectivity index (χ0n) is 12.6. The van der Waals surface area contributed by atoms with E-state index in [2.05, 4.69) is 22.5 Å². The van der Waals surface area contributed by atoms with E-state index in [4.69, 9.17) is 0 Å². The van der Waals surface area contributed by atoms with Crippen molar-refractivity contribution in [3.05, 3.63) is 83.0 Å². The summed E-state index contributed by atoms with van der Waals surface area (Å²) in [5.74, 6) is 0. The first-order chi connectivity index (χ1) is 11.5. The first-order valence-electron chi connectivity index (χ1n) is 7.17. The summed E-state index contributed by atoms with van der Waals surface area (Å²) in [6, 6.07) is 15.6. The van der Waals surface area contributed by atoms with Crippen molar-refractivity contribution < 1.29 is 13.2 Å². The van der Waals surface area contributed by atoms with Crippen LogP contribution in [0.4, 0.5) is 0 Å². The Bertz CT molecular complexity index is 1020. The summed E-state index contributed by atoms with van der Waals surface area (Å²) in [5, 5.41) is -0.262. The SMILES string of the molecule is C=CC(c1ccc(Br)cc1)S(=O)(=O)n1c(C=O)cc2ccccc21. The summed E-state index contributed by atoms with van der Waals surface area (Å²) in [7, 11) is -3.89. The maximum absolute atomic E-state index is 13.2. The second kappa shape index (κ2) is 6.37. The number of benzene rings is 2. The number of carbonyl (C=O) groups excluding carboxylic acids is 1. The lowest BCUT2D eigenvalue weighted by atomic mass is 10.1. The normalized spacial score (nSPS) is 12.9. The van der Waals surface area contributed by atoms with Crippen molar-refractivity contribution >= 4 is 43.1 Å². The molecule has 3 rings (SSSR count). The highest BCUT2D eigenvalue weighted by Gasteiger charge is 2.29. The molecule has 122 valence electrons. The van der Waals surface area contributed by atoms with Crippen molar-refractivity contribution in [1.82, 2.24) is 3.97 Å². The minimum absolute atomic E-state index is 0.0974. The van der Waals surface area contributed by atoms with Crippen molar-refractivity contribution in [1.29, 1.82) is 0 Å². The largest absolute Gasteiger partial charge is 0.296 e. The number of nitrogens with zero attached hydrogens (tertiary/aromatic N) is 1. The minimum atomic E-state index is -3.89. The van der Waals surface area contributed by atoms with E-state index in [9.17, 15) is 13.2 Å². The molecule has 1 heterocycles. The molecule has 2 aromatic carbocycles. The van der Waals surface area contributed by atoms with Crippen LogP contribution in [0.2, 0.25) is 0 Å². The van der Waals surface area contributed by atoms with Crippen molar-refractivity contribution in [2.45, 2.75) is 5.25 Å². The molecular weight excluding hydrogens is 390 g/mol. The Hall–Kier alpha value is -2.18. The van der Waals surface area contributed by atoms with Crippen LogP contribution in [-0.2, 0) is 10.0 Å². The van der Waals surface area contributed by atoms with Gasteiger partial charge in [0.05, 0.1) is 11.2 Å². The number of aromatic nitrogens is 1. The molecule has 0 fully saturated rings. The molecule has 0 saturated carbocycles. The van der Waals surface area contributed by atoms with Gasteiger partial charge in [-0.1, -0.05) is 52.3 Å². The molecule has 0 bridgehead atoms. The molecule has 1 atom stereocenters. The molecule has 0 aliphatic carbocycles. The molecule has 0 amide bonds. The van der Waals surface area contributed by atoms with E-state index in [1.54, 1.807) is 54.6 Å². The zero-order chi connectivity index (χ0) is 17.3. The Labute approximate surface area is 148 Å². The summed E-state index contributed by atoms with van der Waals surface area (Å²) < 4.78 is 28.4. The van der Waals surface area contributed by atoms with Crippen molar-refractivity contribution in [2.75, 3.05) is 0 Å². The molecule has 0 spiro atoms. The molecule has 0 N–H and O–H groups in total. The molecule has 0 aliphatic heterocycles. The van der Waals surface area contributed by atoms with Gasteiger partial charge in [0, 0.05) is 9.86 Å². The molecule has 0 aliphatic rings. The average Bonchev–Trinajstić information content (AvgIpc) is 2.96. The summed E-state index contributed by atoms with van der Waals surface area (Å²) in [6.45, 7) is 3.68. The van der Waals surface area contributed by atoms with Crippen LogP contribution in [0.1, 0.15) is 21.3 Å². The minimum Gasteiger partial charge on any atom is -0.296 e. The van der Waals surface area contributed by atoms with Crippen LogP contribution in [0.3, 0.4) is 0 Å². The second-order valence-corrected chi connectivity index (χ2v) is 8.08. The van der Waals surface area contributed by atoms with Crippen LogP contribution < -0.4 is 0 Å². The first kappa shape index (κ1) is 16.7.